The first-order valence-corrected chi connectivity index (χ1v) is 6.41. The number of ether oxygens (including phenoxy) is 1. The quantitative estimate of drug-likeness (QED) is 0.758. The van der Waals surface area contributed by atoms with E-state index in [1.54, 1.807) is 7.11 Å². The molecule has 0 radical (unpaired) electrons. The zero-order valence-corrected chi connectivity index (χ0v) is 10.6. The van der Waals surface area contributed by atoms with Gasteiger partial charge in [0, 0.05) is 17.7 Å². The molecule has 1 unspecified atom stereocenters. The van der Waals surface area contributed by atoms with Crippen LogP contribution in [0.5, 0.6) is 5.06 Å². The molecular weight excluding hydrogens is 286 g/mol. The largest absolute Gasteiger partial charge is 0.487 e. The summed E-state index contributed by atoms with van der Waals surface area (Å²) in [4.78, 5) is 1.10. The molecule has 1 aromatic heterocycles. The molecule has 0 saturated heterocycles. The maximum atomic E-state index is 12.7. The van der Waals surface area contributed by atoms with Gasteiger partial charge in [0.2, 0.25) is 5.92 Å². The van der Waals surface area contributed by atoms with Gasteiger partial charge in [-0.3, -0.25) is 0 Å². The zero-order chi connectivity index (χ0) is 11.1. The summed E-state index contributed by atoms with van der Waals surface area (Å²) in [6.45, 7) is 0. The first-order chi connectivity index (χ1) is 7.02. The third-order valence-electron chi connectivity index (χ3n) is 2.61. The van der Waals surface area contributed by atoms with E-state index in [2.05, 4.69) is 15.9 Å². The van der Waals surface area contributed by atoms with Gasteiger partial charge in [0.25, 0.3) is 0 Å². The van der Waals surface area contributed by atoms with E-state index in [-0.39, 0.29) is 23.6 Å². The van der Waals surface area contributed by atoms with Gasteiger partial charge in [-0.05, 0) is 18.1 Å². The number of hydrogen-bond donors (Lipinski definition) is 0. The number of methoxy groups -OCH3 is 1. The molecule has 2 rings (SSSR count). The SMILES string of the molecule is COc1ccc(C(Br)C2CC(F)(F)C2)s1. The van der Waals surface area contributed by atoms with Crippen LogP contribution in [0.4, 0.5) is 8.78 Å². The van der Waals surface area contributed by atoms with Crippen LogP contribution in [0.25, 0.3) is 0 Å². The van der Waals surface area contributed by atoms with Crippen molar-refractivity contribution in [3.8, 4) is 5.06 Å². The van der Waals surface area contributed by atoms with Crippen LogP contribution in [-0.2, 0) is 0 Å². The van der Waals surface area contributed by atoms with Crippen molar-refractivity contribution < 1.29 is 13.5 Å². The predicted octanol–water partition coefficient (Wildman–Crippen LogP) is 4.24. The highest BCUT2D eigenvalue weighted by Gasteiger charge is 2.48. The molecule has 1 atom stereocenters. The van der Waals surface area contributed by atoms with Crippen molar-refractivity contribution in [2.75, 3.05) is 7.11 Å². The Hall–Kier alpha value is -0.160. The van der Waals surface area contributed by atoms with E-state index in [4.69, 9.17) is 4.74 Å². The number of alkyl halides is 3. The van der Waals surface area contributed by atoms with E-state index in [9.17, 15) is 8.78 Å². The highest BCUT2D eigenvalue weighted by Crippen LogP contribution is 2.52. The standard InChI is InChI=1S/C10H11BrF2OS/c1-14-8-3-2-7(15-8)9(11)6-4-10(12,13)5-6/h2-3,6,9H,4-5H2,1H3. The molecule has 1 fully saturated rings. The molecule has 0 bridgehead atoms. The molecule has 84 valence electrons. The van der Waals surface area contributed by atoms with Gasteiger partial charge in [0.05, 0.1) is 11.9 Å². The van der Waals surface area contributed by atoms with Gasteiger partial charge in [0.15, 0.2) is 5.06 Å². The fourth-order valence-electron chi connectivity index (χ4n) is 1.74. The molecule has 1 aliphatic carbocycles. The Kier molecular flexibility index (Phi) is 3.03. The van der Waals surface area contributed by atoms with Crippen LogP contribution in [0.1, 0.15) is 22.5 Å². The van der Waals surface area contributed by atoms with Crippen LogP contribution >= 0.6 is 27.3 Å². The van der Waals surface area contributed by atoms with Crippen LogP contribution in [0.2, 0.25) is 0 Å². The lowest BCUT2D eigenvalue weighted by molar-refractivity contribution is -0.109. The van der Waals surface area contributed by atoms with Crippen molar-refractivity contribution in [3.63, 3.8) is 0 Å². The van der Waals surface area contributed by atoms with Gasteiger partial charge < -0.3 is 4.74 Å². The Balaban J connectivity index is 1.99. The molecule has 0 spiro atoms. The van der Waals surface area contributed by atoms with E-state index >= 15 is 0 Å². The summed E-state index contributed by atoms with van der Waals surface area (Å²) in [5.41, 5.74) is 0. The van der Waals surface area contributed by atoms with Gasteiger partial charge in [-0.25, -0.2) is 8.78 Å². The van der Waals surface area contributed by atoms with Crippen molar-refractivity contribution >= 4 is 27.3 Å². The molecule has 1 nitrogen and oxygen atoms in total. The second kappa shape index (κ2) is 4.01. The summed E-state index contributed by atoms with van der Waals surface area (Å²) >= 11 is 4.98. The first-order valence-electron chi connectivity index (χ1n) is 4.67. The van der Waals surface area contributed by atoms with Gasteiger partial charge in [-0.2, -0.15) is 0 Å². The number of rotatable bonds is 3. The summed E-state index contributed by atoms with van der Waals surface area (Å²) in [7, 11) is 1.61. The fourth-order valence-corrected chi connectivity index (χ4v) is 3.44. The lowest BCUT2D eigenvalue weighted by Gasteiger charge is -2.37. The molecule has 5 heteroatoms. The highest BCUT2D eigenvalue weighted by molar-refractivity contribution is 9.09. The van der Waals surface area contributed by atoms with Gasteiger partial charge in [0.1, 0.15) is 0 Å². The van der Waals surface area contributed by atoms with Crippen molar-refractivity contribution in [3.05, 3.63) is 17.0 Å². The minimum Gasteiger partial charge on any atom is -0.487 e. The van der Waals surface area contributed by atoms with Crippen LogP contribution < -0.4 is 4.74 Å². The van der Waals surface area contributed by atoms with E-state index in [0.717, 1.165) is 9.94 Å². The van der Waals surface area contributed by atoms with Crippen LogP contribution in [0.3, 0.4) is 0 Å². The lowest BCUT2D eigenvalue weighted by Crippen LogP contribution is -2.37. The van der Waals surface area contributed by atoms with E-state index in [1.165, 1.54) is 11.3 Å². The fraction of sp³-hybridized carbons (Fsp3) is 0.600. The van der Waals surface area contributed by atoms with Crippen molar-refractivity contribution in [1.82, 2.24) is 0 Å². The summed E-state index contributed by atoms with van der Waals surface area (Å²) in [6.07, 6.45) is -0.0216. The normalized spacial score (nSPS) is 22.1. The molecule has 0 aromatic carbocycles. The lowest BCUT2D eigenvalue weighted by atomic mass is 9.79. The summed E-state index contributed by atoms with van der Waals surface area (Å²) < 4.78 is 30.5. The molecule has 1 heterocycles. The van der Waals surface area contributed by atoms with Gasteiger partial charge >= 0.3 is 0 Å². The Morgan fingerprint density at radius 3 is 2.67 bits per heavy atom. The summed E-state index contributed by atoms with van der Waals surface area (Å²) in [5.74, 6) is -2.40. The minimum atomic E-state index is -2.45. The Morgan fingerprint density at radius 1 is 1.53 bits per heavy atom. The Morgan fingerprint density at radius 2 is 2.20 bits per heavy atom. The van der Waals surface area contributed by atoms with E-state index in [0.29, 0.717) is 0 Å². The van der Waals surface area contributed by atoms with Crippen molar-refractivity contribution in [1.29, 1.82) is 0 Å². The first kappa shape index (κ1) is 11.3. The smallest absolute Gasteiger partial charge is 0.248 e. The zero-order valence-electron chi connectivity index (χ0n) is 8.17. The maximum absolute atomic E-state index is 12.7. The highest BCUT2D eigenvalue weighted by atomic mass is 79.9. The summed E-state index contributed by atoms with van der Waals surface area (Å²) in [6, 6.07) is 3.80. The maximum Gasteiger partial charge on any atom is 0.248 e. The van der Waals surface area contributed by atoms with Gasteiger partial charge in [-0.15, -0.1) is 11.3 Å². The molecule has 1 aliphatic rings. The Bertz CT molecular complexity index is 345. The Labute approximate surface area is 99.6 Å². The van der Waals surface area contributed by atoms with Crippen LogP contribution in [-0.4, -0.2) is 13.0 Å². The monoisotopic (exact) mass is 296 g/mol. The molecule has 15 heavy (non-hydrogen) atoms. The molecule has 0 aliphatic heterocycles. The van der Waals surface area contributed by atoms with Gasteiger partial charge in [-0.1, -0.05) is 15.9 Å². The second-order valence-corrected chi connectivity index (χ2v) is 5.85. The predicted molar refractivity (Wildman–Crippen MR) is 60.2 cm³/mol. The third-order valence-corrected chi connectivity index (χ3v) is 5.28. The molecule has 1 saturated carbocycles. The van der Waals surface area contributed by atoms with Crippen LogP contribution in [0.15, 0.2) is 12.1 Å². The summed E-state index contributed by atoms with van der Waals surface area (Å²) in [5, 5.41) is 0.820. The molecule has 0 N–H and O–H groups in total. The minimum absolute atomic E-state index is 0.0108. The molecule has 0 amide bonds. The number of hydrogen-bond acceptors (Lipinski definition) is 2. The topological polar surface area (TPSA) is 9.23 Å². The average Bonchev–Trinajstić information content (AvgIpc) is 2.61. The van der Waals surface area contributed by atoms with E-state index in [1.807, 2.05) is 12.1 Å². The van der Waals surface area contributed by atoms with Crippen molar-refractivity contribution in [2.24, 2.45) is 5.92 Å². The van der Waals surface area contributed by atoms with Crippen molar-refractivity contribution in [2.45, 2.75) is 23.6 Å². The second-order valence-electron chi connectivity index (χ2n) is 3.79. The third kappa shape index (κ3) is 2.33. The van der Waals surface area contributed by atoms with E-state index < -0.39 is 5.92 Å². The molecule has 1 aromatic rings. The van der Waals surface area contributed by atoms with Crippen LogP contribution in [0, 0.1) is 5.92 Å². The number of thiophene rings is 1. The average molecular weight is 297 g/mol. The number of halogens is 3. The molecular formula is C10H11BrF2OS.